The molecule has 2 rings (SSSR count). The van der Waals surface area contributed by atoms with Gasteiger partial charge < -0.3 is 10.1 Å². The number of ether oxygens (including phenoxy) is 1. The highest BCUT2D eigenvalue weighted by Crippen LogP contribution is 2.18. The molecule has 0 aromatic carbocycles. The molecule has 3 nitrogen and oxygen atoms in total. The van der Waals surface area contributed by atoms with Crippen LogP contribution in [0.15, 0.2) is 0 Å². The summed E-state index contributed by atoms with van der Waals surface area (Å²) in [7, 11) is 0. The van der Waals surface area contributed by atoms with Gasteiger partial charge in [-0.1, -0.05) is 6.42 Å². The summed E-state index contributed by atoms with van der Waals surface area (Å²) in [5, 5.41) is 3.26. The van der Waals surface area contributed by atoms with Crippen LogP contribution in [-0.2, 0) is 4.74 Å². The molecule has 2 aliphatic heterocycles. The predicted octanol–water partition coefficient (Wildman–Crippen LogP) is 1.24. The van der Waals surface area contributed by atoms with E-state index >= 15 is 0 Å². The Morgan fingerprint density at radius 3 is 2.80 bits per heavy atom. The van der Waals surface area contributed by atoms with Gasteiger partial charge in [-0.2, -0.15) is 0 Å². The molecule has 0 aromatic heterocycles. The Bertz CT molecular complexity index is 204. The second-order valence-corrected chi connectivity index (χ2v) is 5.28. The van der Waals surface area contributed by atoms with Crippen molar-refractivity contribution < 1.29 is 4.74 Å². The number of rotatable bonds is 4. The summed E-state index contributed by atoms with van der Waals surface area (Å²) in [6.45, 7) is 9.83. The molecule has 1 N–H and O–H groups in total. The summed E-state index contributed by atoms with van der Waals surface area (Å²) in [6, 6.07) is 0.759. The molecule has 0 aliphatic carbocycles. The van der Waals surface area contributed by atoms with Crippen LogP contribution in [0.2, 0.25) is 0 Å². The number of nitrogens with zero attached hydrogens (tertiary/aromatic N) is 1. The quantitative estimate of drug-likeness (QED) is 0.759. The van der Waals surface area contributed by atoms with Crippen LogP contribution in [0.1, 0.15) is 33.1 Å². The van der Waals surface area contributed by atoms with Crippen molar-refractivity contribution >= 4 is 0 Å². The minimum atomic E-state index is 0.124. The summed E-state index contributed by atoms with van der Waals surface area (Å²) < 4.78 is 5.91. The molecule has 0 spiro atoms. The van der Waals surface area contributed by atoms with Gasteiger partial charge in [0.05, 0.1) is 12.2 Å². The molecule has 15 heavy (non-hydrogen) atoms. The van der Waals surface area contributed by atoms with Crippen LogP contribution in [0.3, 0.4) is 0 Å². The summed E-state index contributed by atoms with van der Waals surface area (Å²) in [5.74, 6) is 0. The van der Waals surface area contributed by atoms with Gasteiger partial charge in [-0.3, -0.25) is 4.90 Å². The first-order chi connectivity index (χ1) is 7.20. The first-order valence-corrected chi connectivity index (χ1v) is 6.28. The van der Waals surface area contributed by atoms with Gasteiger partial charge in [0.1, 0.15) is 0 Å². The van der Waals surface area contributed by atoms with E-state index < -0.39 is 0 Å². The molecular formula is C12H24N2O. The Kier molecular flexibility index (Phi) is 3.65. The van der Waals surface area contributed by atoms with Crippen molar-refractivity contribution in [2.24, 2.45) is 0 Å². The number of nitrogens with one attached hydrogen (secondary N) is 1. The highest BCUT2D eigenvalue weighted by Gasteiger charge is 2.32. The fraction of sp³-hybridized carbons (Fsp3) is 1.00. The molecule has 88 valence electrons. The Hall–Kier alpha value is -0.120. The zero-order chi connectivity index (χ0) is 10.7. The van der Waals surface area contributed by atoms with Gasteiger partial charge in [-0.15, -0.1) is 0 Å². The Labute approximate surface area is 93.2 Å². The van der Waals surface area contributed by atoms with Gasteiger partial charge in [-0.05, 0) is 33.2 Å². The van der Waals surface area contributed by atoms with Crippen LogP contribution in [0, 0.1) is 0 Å². The monoisotopic (exact) mass is 212 g/mol. The minimum Gasteiger partial charge on any atom is -0.371 e. The van der Waals surface area contributed by atoms with Gasteiger partial charge in [-0.25, -0.2) is 0 Å². The van der Waals surface area contributed by atoms with E-state index in [4.69, 9.17) is 4.74 Å². The van der Waals surface area contributed by atoms with Crippen LogP contribution in [0.25, 0.3) is 0 Å². The van der Waals surface area contributed by atoms with E-state index in [1.165, 1.54) is 25.8 Å². The maximum Gasteiger partial charge on any atom is 0.0902 e. The molecule has 0 aromatic rings. The molecule has 2 heterocycles. The fourth-order valence-corrected chi connectivity index (χ4v) is 2.48. The van der Waals surface area contributed by atoms with Crippen molar-refractivity contribution in [3.05, 3.63) is 0 Å². The second-order valence-electron chi connectivity index (χ2n) is 5.28. The molecule has 0 radical (unpaired) electrons. The predicted molar refractivity (Wildman–Crippen MR) is 62.1 cm³/mol. The van der Waals surface area contributed by atoms with E-state index in [1.54, 1.807) is 0 Å². The fourth-order valence-electron chi connectivity index (χ4n) is 2.48. The highest BCUT2D eigenvalue weighted by atomic mass is 16.5. The second kappa shape index (κ2) is 4.81. The topological polar surface area (TPSA) is 24.5 Å². The summed E-state index contributed by atoms with van der Waals surface area (Å²) in [4.78, 5) is 2.57. The maximum atomic E-state index is 5.91. The zero-order valence-corrected chi connectivity index (χ0v) is 10.1. The summed E-state index contributed by atoms with van der Waals surface area (Å²) in [6.07, 6.45) is 4.13. The lowest BCUT2D eigenvalue weighted by molar-refractivity contribution is -0.0754. The summed E-state index contributed by atoms with van der Waals surface area (Å²) in [5.41, 5.74) is 0.124. The SMILES string of the molecule is CC1CCCCN1CCOC1(C)CNC1. The molecule has 2 fully saturated rings. The number of hydrogen-bond acceptors (Lipinski definition) is 3. The average Bonchev–Trinajstić information content (AvgIpc) is 2.18. The van der Waals surface area contributed by atoms with Crippen molar-refractivity contribution in [3.63, 3.8) is 0 Å². The van der Waals surface area contributed by atoms with Crippen LogP contribution in [-0.4, -0.2) is 49.3 Å². The standard InChI is InChI=1S/C12H24N2O/c1-11-5-3-4-6-14(11)7-8-15-12(2)9-13-10-12/h11,13H,3-10H2,1-2H3. The van der Waals surface area contributed by atoms with E-state index in [0.717, 1.165) is 32.3 Å². The molecule has 2 saturated heterocycles. The Morgan fingerprint density at radius 1 is 1.40 bits per heavy atom. The van der Waals surface area contributed by atoms with E-state index in [0.29, 0.717) is 0 Å². The molecular weight excluding hydrogens is 188 g/mol. The molecule has 0 amide bonds. The Balaban J connectivity index is 1.64. The van der Waals surface area contributed by atoms with Crippen molar-refractivity contribution in [3.8, 4) is 0 Å². The molecule has 3 heteroatoms. The molecule has 0 bridgehead atoms. The van der Waals surface area contributed by atoms with Crippen molar-refractivity contribution in [2.75, 3.05) is 32.8 Å². The lowest BCUT2D eigenvalue weighted by Crippen LogP contribution is -2.59. The van der Waals surface area contributed by atoms with Gasteiger partial charge in [0.2, 0.25) is 0 Å². The number of likely N-dealkylation sites (tertiary alicyclic amines) is 1. The molecule has 2 aliphatic rings. The van der Waals surface area contributed by atoms with Crippen LogP contribution in [0.5, 0.6) is 0 Å². The maximum absolute atomic E-state index is 5.91. The molecule has 1 atom stereocenters. The van der Waals surface area contributed by atoms with Gasteiger partial charge in [0, 0.05) is 25.7 Å². The molecule has 1 unspecified atom stereocenters. The number of hydrogen-bond donors (Lipinski definition) is 1. The molecule has 0 saturated carbocycles. The third-order valence-corrected chi connectivity index (χ3v) is 3.77. The van der Waals surface area contributed by atoms with Crippen LogP contribution >= 0.6 is 0 Å². The minimum absolute atomic E-state index is 0.124. The van der Waals surface area contributed by atoms with Crippen LogP contribution < -0.4 is 5.32 Å². The average molecular weight is 212 g/mol. The van der Waals surface area contributed by atoms with Gasteiger partial charge >= 0.3 is 0 Å². The Morgan fingerprint density at radius 2 is 2.20 bits per heavy atom. The lowest BCUT2D eigenvalue weighted by Gasteiger charge is -2.40. The first-order valence-electron chi connectivity index (χ1n) is 6.28. The number of piperidine rings is 1. The van der Waals surface area contributed by atoms with Crippen molar-refractivity contribution in [2.45, 2.75) is 44.8 Å². The van der Waals surface area contributed by atoms with E-state index in [1.807, 2.05) is 0 Å². The van der Waals surface area contributed by atoms with E-state index in [9.17, 15) is 0 Å². The largest absolute Gasteiger partial charge is 0.371 e. The zero-order valence-electron chi connectivity index (χ0n) is 10.1. The lowest BCUT2D eigenvalue weighted by atomic mass is 10.0. The van der Waals surface area contributed by atoms with Crippen molar-refractivity contribution in [1.29, 1.82) is 0 Å². The van der Waals surface area contributed by atoms with Gasteiger partial charge in [0.25, 0.3) is 0 Å². The van der Waals surface area contributed by atoms with Crippen molar-refractivity contribution in [1.82, 2.24) is 10.2 Å². The first kappa shape index (κ1) is 11.4. The summed E-state index contributed by atoms with van der Waals surface area (Å²) >= 11 is 0. The smallest absolute Gasteiger partial charge is 0.0902 e. The van der Waals surface area contributed by atoms with E-state index in [-0.39, 0.29) is 5.60 Å². The normalized spacial score (nSPS) is 31.2. The highest BCUT2D eigenvalue weighted by molar-refractivity contribution is 4.90. The van der Waals surface area contributed by atoms with E-state index in [2.05, 4.69) is 24.1 Å². The third kappa shape index (κ3) is 2.92. The van der Waals surface area contributed by atoms with Crippen LogP contribution in [0.4, 0.5) is 0 Å². The van der Waals surface area contributed by atoms with Gasteiger partial charge in [0.15, 0.2) is 0 Å². The third-order valence-electron chi connectivity index (χ3n) is 3.77.